The fourth-order valence-electron chi connectivity index (χ4n) is 2.14. The van der Waals surface area contributed by atoms with Crippen molar-refractivity contribution in [3.8, 4) is 6.07 Å². The topological polar surface area (TPSA) is 65.8 Å². The Kier molecular flexibility index (Phi) is 3.09. The van der Waals surface area contributed by atoms with Gasteiger partial charge in [-0.05, 0) is 30.3 Å². The van der Waals surface area contributed by atoms with E-state index in [4.69, 9.17) is 0 Å². The molecule has 0 fully saturated rings. The summed E-state index contributed by atoms with van der Waals surface area (Å²) in [4.78, 5) is 16.3. The maximum atomic E-state index is 12.2. The third-order valence-electron chi connectivity index (χ3n) is 3.01. The largest absolute Gasteiger partial charge is 0.321 e. The highest BCUT2D eigenvalue weighted by Crippen LogP contribution is 2.37. The number of allylic oxidation sites excluding steroid dienone is 1. The predicted octanol–water partition coefficient (Wildman–Crippen LogP) is 3.23. The number of pyridine rings is 1. The molecule has 0 radical (unpaired) electrons. The van der Waals surface area contributed by atoms with Crippen LogP contribution in [0.2, 0.25) is 0 Å². The van der Waals surface area contributed by atoms with Crippen LogP contribution in [0.3, 0.4) is 0 Å². The van der Waals surface area contributed by atoms with E-state index in [9.17, 15) is 10.1 Å². The molecule has 0 atom stereocenters. The first-order chi connectivity index (χ1) is 9.70. The molecule has 0 saturated carbocycles. The number of carbonyl (C=O) groups excluding carboxylic acids is 1. The second-order valence-electron chi connectivity index (χ2n) is 4.22. The highest BCUT2D eigenvalue weighted by Gasteiger charge is 2.28. The summed E-state index contributed by atoms with van der Waals surface area (Å²) >= 11 is 3.38. The molecule has 96 valence electrons. The number of fused-ring (bicyclic) bond motifs is 1. The first-order valence-corrected chi connectivity index (χ1v) is 6.67. The number of aromatic nitrogens is 1. The number of hydrogen-bond acceptors (Lipinski definition) is 3. The van der Waals surface area contributed by atoms with Crippen LogP contribution in [-0.4, -0.2) is 10.9 Å². The van der Waals surface area contributed by atoms with Crippen molar-refractivity contribution in [2.24, 2.45) is 0 Å². The van der Waals surface area contributed by atoms with Gasteiger partial charge in [-0.15, -0.1) is 0 Å². The van der Waals surface area contributed by atoms with Gasteiger partial charge in [-0.1, -0.05) is 22.0 Å². The van der Waals surface area contributed by atoms with Gasteiger partial charge < -0.3 is 5.32 Å². The van der Waals surface area contributed by atoms with Gasteiger partial charge in [0.15, 0.2) is 0 Å². The van der Waals surface area contributed by atoms with Gasteiger partial charge in [0, 0.05) is 21.9 Å². The summed E-state index contributed by atoms with van der Waals surface area (Å²) in [6, 6.07) is 12.8. The lowest BCUT2D eigenvalue weighted by Crippen LogP contribution is -2.06. The standard InChI is InChI=1S/C15H8BrN3O/c16-9-4-5-13-10(7-9)14(15(20)19-13)11(8-17)12-3-1-2-6-18-12/h1-7H,(H,19,20)/b14-11-. The first kappa shape index (κ1) is 12.6. The Morgan fingerprint density at radius 2 is 2.15 bits per heavy atom. The molecule has 0 spiro atoms. The van der Waals surface area contributed by atoms with E-state index in [1.165, 1.54) is 0 Å². The van der Waals surface area contributed by atoms with Gasteiger partial charge >= 0.3 is 0 Å². The van der Waals surface area contributed by atoms with Crippen LogP contribution in [0.1, 0.15) is 11.3 Å². The first-order valence-electron chi connectivity index (χ1n) is 5.88. The molecule has 3 rings (SSSR count). The molecule has 1 N–H and O–H groups in total. The Morgan fingerprint density at radius 3 is 2.85 bits per heavy atom. The number of hydrogen-bond donors (Lipinski definition) is 1. The minimum atomic E-state index is -0.277. The lowest BCUT2D eigenvalue weighted by molar-refractivity contribution is -0.110. The van der Waals surface area contributed by atoms with Crippen LogP contribution in [0, 0.1) is 11.3 Å². The number of amides is 1. The molecule has 0 bridgehead atoms. The van der Waals surface area contributed by atoms with Gasteiger partial charge in [0.2, 0.25) is 0 Å². The summed E-state index contributed by atoms with van der Waals surface area (Å²) < 4.78 is 0.851. The quantitative estimate of drug-likeness (QED) is 0.646. The molecule has 4 nitrogen and oxygen atoms in total. The van der Waals surface area contributed by atoms with Gasteiger partial charge in [0.1, 0.15) is 6.07 Å². The Bertz CT molecular complexity index is 775. The number of rotatable bonds is 1. The van der Waals surface area contributed by atoms with E-state index in [1.807, 2.05) is 12.1 Å². The normalized spacial score (nSPS) is 15.3. The van der Waals surface area contributed by atoms with Crippen molar-refractivity contribution in [1.29, 1.82) is 5.26 Å². The SMILES string of the molecule is N#C/C(=C1/C(=O)Nc2ccc(Br)cc21)c1ccccn1. The minimum absolute atomic E-state index is 0.277. The summed E-state index contributed by atoms with van der Waals surface area (Å²) in [5.41, 5.74) is 2.55. The number of carbonyl (C=O) groups is 1. The molecule has 2 aromatic rings. The maximum Gasteiger partial charge on any atom is 0.257 e. The van der Waals surface area contributed by atoms with Crippen LogP contribution in [-0.2, 0) is 4.79 Å². The molecule has 1 amide bonds. The predicted molar refractivity (Wildman–Crippen MR) is 79.4 cm³/mol. The Morgan fingerprint density at radius 1 is 1.30 bits per heavy atom. The number of anilines is 1. The molecular formula is C15H8BrN3O. The van der Waals surface area contributed by atoms with Crippen molar-refractivity contribution in [3.05, 3.63) is 58.3 Å². The lowest BCUT2D eigenvalue weighted by Gasteiger charge is -2.03. The molecule has 0 saturated heterocycles. The van der Waals surface area contributed by atoms with Gasteiger partial charge in [0.25, 0.3) is 5.91 Å². The molecule has 2 heterocycles. The minimum Gasteiger partial charge on any atom is -0.321 e. The molecule has 1 aliphatic rings. The van der Waals surface area contributed by atoms with Crippen LogP contribution in [0.25, 0.3) is 11.1 Å². The summed E-state index contributed by atoms with van der Waals surface area (Å²) in [6.45, 7) is 0. The molecule has 1 aromatic heterocycles. The molecule has 0 aliphatic carbocycles. The second kappa shape index (κ2) is 4.91. The number of nitrogens with one attached hydrogen (secondary N) is 1. The average molecular weight is 326 g/mol. The zero-order valence-electron chi connectivity index (χ0n) is 10.2. The van der Waals surface area contributed by atoms with Crippen molar-refractivity contribution in [1.82, 2.24) is 4.98 Å². The van der Waals surface area contributed by atoms with Gasteiger partial charge in [0.05, 0.1) is 16.8 Å². The molecular weight excluding hydrogens is 318 g/mol. The Labute approximate surface area is 123 Å². The van der Waals surface area contributed by atoms with Crippen molar-refractivity contribution >= 4 is 38.7 Å². The summed E-state index contributed by atoms with van der Waals surface area (Å²) in [5, 5.41) is 12.2. The highest BCUT2D eigenvalue weighted by atomic mass is 79.9. The van der Waals surface area contributed by atoms with Gasteiger partial charge in [-0.3, -0.25) is 9.78 Å². The van der Waals surface area contributed by atoms with E-state index in [-0.39, 0.29) is 11.5 Å². The van der Waals surface area contributed by atoms with Crippen LogP contribution < -0.4 is 5.32 Å². The number of nitrogens with zero attached hydrogens (tertiary/aromatic N) is 2. The monoisotopic (exact) mass is 325 g/mol. The van der Waals surface area contributed by atoms with Crippen molar-refractivity contribution in [2.45, 2.75) is 0 Å². The van der Waals surface area contributed by atoms with Crippen LogP contribution >= 0.6 is 15.9 Å². The molecule has 1 aromatic carbocycles. The molecule has 0 unspecified atom stereocenters. The van der Waals surface area contributed by atoms with E-state index >= 15 is 0 Å². The fourth-order valence-corrected chi connectivity index (χ4v) is 2.50. The zero-order chi connectivity index (χ0) is 14.1. The maximum absolute atomic E-state index is 12.2. The molecule has 5 heteroatoms. The fraction of sp³-hybridized carbons (Fsp3) is 0. The van der Waals surface area contributed by atoms with Crippen LogP contribution in [0.5, 0.6) is 0 Å². The molecule has 1 aliphatic heterocycles. The van der Waals surface area contributed by atoms with E-state index in [0.717, 1.165) is 4.47 Å². The smallest absolute Gasteiger partial charge is 0.257 e. The summed E-state index contributed by atoms with van der Waals surface area (Å²) in [6.07, 6.45) is 1.60. The summed E-state index contributed by atoms with van der Waals surface area (Å²) in [7, 11) is 0. The Balaban J connectivity index is 2.28. The number of nitriles is 1. The summed E-state index contributed by atoms with van der Waals surface area (Å²) in [5.74, 6) is -0.277. The van der Waals surface area contributed by atoms with Crippen LogP contribution in [0.15, 0.2) is 47.1 Å². The average Bonchev–Trinajstić information content (AvgIpc) is 2.77. The van der Waals surface area contributed by atoms with E-state index < -0.39 is 0 Å². The van der Waals surface area contributed by atoms with Crippen molar-refractivity contribution in [2.75, 3.05) is 5.32 Å². The second-order valence-corrected chi connectivity index (χ2v) is 5.14. The lowest BCUT2D eigenvalue weighted by atomic mass is 9.99. The van der Waals surface area contributed by atoms with E-state index in [0.29, 0.717) is 22.5 Å². The highest BCUT2D eigenvalue weighted by molar-refractivity contribution is 9.10. The Hall–Kier alpha value is -2.45. The van der Waals surface area contributed by atoms with Gasteiger partial charge in [-0.2, -0.15) is 5.26 Å². The third-order valence-corrected chi connectivity index (χ3v) is 3.50. The number of halogens is 1. The third kappa shape index (κ3) is 2.00. The number of benzene rings is 1. The van der Waals surface area contributed by atoms with Crippen molar-refractivity contribution in [3.63, 3.8) is 0 Å². The van der Waals surface area contributed by atoms with Gasteiger partial charge in [-0.25, -0.2) is 0 Å². The van der Waals surface area contributed by atoms with E-state index in [1.54, 1.807) is 30.5 Å². The van der Waals surface area contributed by atoms with Crippen LogP contribution in [0.4, 0.5) is 5.69 Å². The molecule has 20 heavy (non-hydrogen) atoms. The zero-order valence-corrected chi connectivity index (χ0v) is 11.8. The van der Waals surface area contributed by atoms with Crippen molar-refractivity contribution < 1.29 is 4.79 Å². The van der Waals surface area contributed by atoms with E-state index in [2.05, 4.69) is 32.3 Å².